The molecule has 1 aromatic carbocycles. The van der Waals surface area contributed by atoms with Crippen LogP contribution in [-0.2, 0) is 11.6 Å². The maximum atomic E-state index is 13.7. The summed E-state index contributed by atoms with van der Waals surface area (Å²) in [5.74, 6) is -1.33. The normalized spacial score (nSPS) is 16.5. The van der Waals surface area contributed by atoms with Crippen molar-refractivity contribution in [3.05, 3.63) is 47.5 Å². The molecule has 1 aliphatic heterocycles. The Bertz CT molecular complexity index is 976. The molecule has 25 heavy (non-hydrogen) atoms. The molecule has 9 heteroatoms. The Balaban J connectivity index is 1.88. The topological polar surface area (TPSA) is 46.3 Å². The van der Waals surface area contributed by atoms with Gasteiger partial charge in [-0.15, -0.1) is 15.3 Å². The van der Waals surface area contributed by atoms with Gasteiger partial charge in [0.1, 0.15) is 5.82 Å². The Labute approximate surface area is 139 Å². The second-order valence-corrected chi connectivity index (χ2v) is 6.61. The third-order valence-corrected chi connectivity index (χ3v) is 4.31. The van der Waals surface area contributed by atoms with Crippen molar-refractivity contribution in [1.29, 1.82) is 0 Å². The average Bonchev–Trinajstić information content (AvgIpc) is 3.05. The lowest BCUT2D eigenvalue weighted by Gasteiger charge is -2.21. The standard InChI is InChI=1S/C16H13F4N5/c1-15(2)8-24(11-7-9(17)3-4-10(11)15)13-6-5-12-21-22-14(16(18,19)20)25(12)23-13/h3-7H,8H2,1-2H3. The molecule has 5 nitrogen and oxygen atoms in total. The van der Waals surface area contributed by atoms with Gasteiger partial charge in [-0.1, -0.05) is 19.9 Å². The first-order chi connectivity index (χ1) is 11.7. The van der Waals surface area contributed by atoms with E-state index in [-0.39, 0.29) is 16.9 Å². The highest BCUT2D eigenvalue weighted by Crippen LogP contribution is 2.44. The summed E-state index contributed by atoms with van der Waals surface area (Å²) in [6.45, 7) is 4.44. The number of hydrogen-bond acceptors (Lipinski definition) is 4. The number of hydrogen-bond donors (Lipinski definition) is 0. The molecular formula is C16H13F4N5. The van der Waals surface area contributed by atoms with E-state index in [4.69, 9.17) is 0 Å². The summed E-state index contributed by atoms with van der Waals surface area (Å²) < 4.78 is 53.5. The van der Waals surface area contributed by atoms with Gasteiger partial charge in [-0.2, -0.15) is 17.7 Å². The van der Waals surface area contributed by atoms with E-state index >= 15 is 0 Å². The van der Waals surface area contributed by atoms with Crippen LogP contribution in [-0.4, -0.2) is 26.4 Å². The van der Waals surface area contributed by atoms with Crippen LogP contribution >= 0.6 is 0 Å². The lowest BCUT2D eigenvalue weighted by molar-refractivity contribution is -0.146. The van der Waals surface area contributed by atoms with Gasteiger partial charge < -0.3 is 4.90 Å². The number of halogens is 4. The Hall–Kier alpha value is -2.71. The van der Waals surface area contributed by atoms with Gasteiger partial charge in [0.05, 0.1) is 0 Å². The van der Waals surface area contributed by atoms with E-state index in [0.29, 0.717) is 16.7 Å². The molecular weight excluding hydrogens is 338 g/mol. The molecule has 130 valence electrons. The highest BCUT2D eigenvalue weighted by molar-refractivity contribution is 5.70. The zero-order valence-electron chi connectivity index (χ0n) is 13.3. The molecule has 3 aromatic rings. The summed E-state index contributed by atoms with van der Waals surface area (Å²) in [6, 6.07) is 7.41. The van der Waals surface area contributed by atoms with Gasteiger partial charge in [0, 0.05) is 17.6 Å². The van der Waals surface area contributed by atoms with Crippen molar-refractivity contribution in [2.24, 2.45) is 0 Å². The number of nitrogens with zero attached hydrogens (tertiary/aromatic N) is 5. The zero-order valence-corrected chi connectivity index (χ0v) is 13.3. The molecule has 0 fully saturated rings. The van der Waals surface area contributed by atoms with Crippen molar-refractivity contribution in [3.63, 3.8) is 0 Å². The van der Waals surface area contributed by atoms with E-state index in [1.807, 2.05) is 13.8 Å². The summed E-state index contributed by atoms with van der Waals surface area (Å²) in [7, 11) is 0. The van der Waals surface area contributed by atoms with Crippen LogP contribution in [0.15, 0.2) is 30.3 Å². The minimum atomic E-state index is -4.67. The first kappa shape index (κ1) is 15.8. The van der Waals surface area contributed by atoms with Gasteiger partial charge in [-0.3, -0.25) is 0 Å². The maximum absolute atomic E-state index is 13.7. The van der Waals surface area contributed by atoms with Crippen molar-refractivity contribution < 1.29 is 17.6 Å². The molecule has 0 amide bonds. The number of anilines is 2. The van der Waals surface area contributed by atoms with Crippen LogP contribution in [0.3, 0.4) is 0 Å². The van der Waals surface area contributed by atoms with Gasteiger partial charge >= 0.3 is 6.18 Å². The quantitative estimate of drug-likeness (QED) is 0.627. The molecule has 0 atom stereocenters. The fourth-order valence-electron chi connectivity index (χ4n) is 3.17. The molecule has 0 saturated carbocycles. The molecule has 0 aliphatic carbocycles. The third-order valence-electron chi connectivity index (χ3n) is 4.31. The van der Waals surface area contributed by atoms with Crippen LogP contribution in [0.5, 0.6) is 0 Å². The van der Waals surface area contributed by atoms with E-state index in [0.717, 1.165) is 5.56 Å². The number of fused-ring (bicyclic) bond motifs is 2. The second-order valence-electron chi connectivity index (χ2n) is 6.61. The minimum Gasteiger partial charge on any atom is -0.324 e. The van der Waals surface area contributed by atoms with Gasteiger partial charge in [0.25, 0.3) is 5.82 Å². The molecule has 1 aliphatic rings. The van der Waals surface area contributed by atoms with Crippen LogP contribution < -0.4 is 4.90 Å². The van der Waals surface area contributed by atoms with Crippen LogP contribution in [0.2, 0.25) is 0 Å². The summed E-state index contributed by atoms with van der Waals surface area (Å²) in [5.41, 5.74) is 1.21. The fourth-order valence-corrected chi connectivity index (χ4v) is 3.17. The van der Waals surface area contributed by atoms with Gasteiger partial charge in [-0.05, 0) is 29.8 Å². The van der Waals surface area contributed by atoms with Crippen LogP contribution in [0.4, 0.5) is 29.1 Å². The monoisotopic (exact) mass is 351 g/mol. The van der Waals surface area contributed by atoms with Crippen molar-refractivity contribution in [2.75, 3.05) is 11.4 Å². The molecule has 3 heterocycles. The molecule has 4 rings (SSSR count). The predicted molar refractivity (Wildman–Crippen MR) is 82.2 cm³/mol. The molecule has 2 aromatic heterocycles. The maximum Gasteiger partial charge on any atom is 0.453 e. The lowest BCUT2D eigenvalue weighted by Crippen LogP contribution is -2.26. The molecule has 0 unspecified atom stereocenters. The third kappa shape index (κ3) is 2.41. The van der Waals surface area contributed by atoms with Crippen LogP contribution in [0.1, 0.15) is 25.2 Å². The highest BCUT2D eigenvalue weighted by atomic mass is 19.4. The Morgan fingerprint density at radius 2 is 1.84 bits per heavy atom. The first-order valence-electron chi connectivity index (χ1n) is 7.54. The Morgan fingerprint density at radius 3 is 2.56 bits per heavy atom. The fraction of sp³-hybridized carbons (Fsp3) is 0.312. The zero-order chi connectivity index (χ0) is 18.0. The second kappa shape index (κ2) is 4.90. The first-order valence-corrected chi connectivity index (χ1v) is 7.54. The number of alkyl halides is 3. The van der Waals surface area contributed by atoms with Crippen molar-refractivity contribution in [2.45, 2.75) is 25.4 Å². The van der Waals surface area contributed by atoms with E-state index in [1.165, 1.54) is 18.2 Å². The Kier molecular flexibility index (Phi) is 3.10. The van der Waals surface area contributed by atoms with E-state index < -0.39 is 17.8 Å². The van der Waals surface area contributed by atoms with Crippen LogP contribution in [0.25, 0.3) is 5.65 Å². The number of rotatable bonds is 1. The van der Waals surface area contributed by atoms with Gasteiger partial charge in [-0.25, -0.2) is 4.39 Å². The van der Waals surface area contributed by atoms with E-state index in [2.05, 4.69) is 15.3 Å². The summed E-state index contributed by atoms with van der Waals surface area (Å²) in [5, 5.41) is 10.7. The smallest absolute Gasteiger partial charge is 0.324 e. The number of aromatic nitrogens is 4. The van der Waals surface area contributed by atoms with Crippen molar-refractivity contribution in [3.8, 4) is 0 Å². The van der Waals surface area contributed by atoms with E-state index in [9.17, 15) is 17.6 Å². The highest BCUT2D eigenvalue weighted by Gasteiger charge is 2.39. The van der Waals surface area contributed by atoms with Crippen molar-refractivity contribution >= 4 is 17.2 Å². The SMILES string of the molecule is CC1(C)CN(c2ccc3nnc(C(F)(F)F)n3n2)c2cc(F)ccc21. The molecule has 0 N–H and O–H groups in total. The lowest BCUT2D eigenvalue weighted by atomic mass is 9.87. The Morgan fingerprint density at radius 1 is 1.08 bits per heavy atom. The van der Waals surface area contributed by atoms with Crippen LogP contribution in [0, 0.1) is 5.82 Å². The van der Waals surface area contributed by atoms with Crippen molar-refractivity contribution in [1.82, 2.24) is 19.8 Å². The van der Waals surface area contributed by atoms with Gasteiger partial charge in [0.15, 0.2) is 11.5 Å². The summed E-state index contributed by atoms with van der Waals surface area (Å²) >= 11 is 0. The minimum absolute atomic E-state index is 0.00556. The predicted octanol–water partition coefficient (Wildman–Crippen LogP) is 3.71. The largest absolute Gasteiger partial charge is 0.453 e. The molecule has 0 radical (unpaired) electrons. The number of benzene rings is 1. The average molecular weight is 351 g/mol. The molecule has 0 saturated heterocycles. The molecule has 0 bridgehead atoms. The van der Waals surface area contributed by atoms with Gasteiger partial charge in [0.2, 0.25) is 0 Å². The summed E-state index contributed by atoms with van der Waals surface area (Å²) in [6.07, 6.45) is -4.67. The van der Waals surface area contributed by atoms with E-state index in [1.54, 1.807) is 17.0 Å². The molecule has 0 spiro atoms. The summed E-state index contributed by atoms with van der Waals surface area (Å²) in [4.78, 5) is 1.71.